The minimum Gasteiger partial charge on any atom is -0.419 e. The Morgan fingerprint density at radius 1 is 1.14 bits per heavy atom. The topological polar surface area (TPSA) is 71.8 Å². The number of carbonyl (C=O) groups excluding carboxylic acids is 1. The minimum atomic E-state index is -0.0250. The van der Waals surface area contributed by atoms with Crippen LogP contribution in [0.2, 0.25) is 0 Å². The van der Waals surface area contributed by atoms with E-state index in [2.05, 4.69) is 58.8 Å². The van der Waals surface area contributed by atoms with E-state index >= 15 is 0 Å². The third-order valence-corrected chi connectivity index (χ3v) is 7.17. The number of aromatic nitrogens is 3. The molecule has 0 aliphatic heterocycles. The summed E-state index contributed by atoms with van der Waals surface area (Å²) in [6, 6.07) is 7.41. The van der Waals surface area contributed by atoms with E-state index < -0.39 is 0 Å². The van der Waals surface area contributed by atoms with Gasteiger partial charge in [-0.3, -0.25) is 4.79 Å². The number of ketones is 1. The van der Waals surface area contributed by atoms with Gasteiger partial charge in [0, 0.05) is 27.2 Å². The number of aryl methyl sites for hydroxylation is 1. The first-order valence-corrected chi connectivity index (χ1v) is 10.2. The van der Waals surface area contributed by atoms with E-state index in [-0.39, 0.29) is 22.5 Å². The van der Waals surface area contributed by atoms with E-state index in [1.165, 1.54) is 0 Å². The number of nitrogens with one attached hydrogen (secondary N) is 1. The predicted molar refractivity (Wildman–Crippen MR) is 111 cm³/mol. The molecule has 1 N–H and O–H groups in total. The molecule has 1 saturated carbocycles. The highest BCUT2D eigenvalue weighted by atomic mass is 79.9. The number of hydrogen-bond donors (Lipinski definition) is 1. The van der Waals surface area contributed by atoms with Gasteiger partial charge in [0.25, 0.3) is 5.89 Å². The van der Waals surface area contributed by atoms with Gasteiger partial charge in [0.05, 0.1) is 0 Å². The van der Waals surface area contributed by atoms with Crippen LogP contribution in [0, 0.1) is 24.7 Å². The Morgan fingerprint density at radius 2 is 1.82 bits per heavy atom. The summed E-state index contributed by atoms with van der Waals surface area (Å²) >= 11 is 3.43. The zero-order chi connectivity index (χ0) is 20.4. The van der Waals surface area contributed by atoms with Gasteiger partial charge in [0.15, 0.2) is 5.78 Å². The molecule has 146 valence electrons. The van der Waals surface area contributed by atoms with Gasteiger partial charge in [0.1, 0.15) is 5.69 Å². The molecule has 6 heteroatoms. The van der Waals surface area contributed by atoms with Gasteiger partial charge in [-0.1, -0.05) is 55.8 Å². The molecule has 0 saturated heterocycles. The maximum Gasteiger partial charge on any atom is 0.264 e. The van der Waals surface area contributed by atoms with Gasteiger partial charge < -0.3 is 9.40 Å². The molecule has 1 aliphatic rings. The van der Waals surface area contributed by atoms with Gasteiger partial charge >= 0.3 is 0 Å². The first kappa shape index (κ1) is 19.1. The third-order valence-electron chi connectivity index (χ3n) is 6.67. The molecule has 0 unspecified atom stereocenters. The molecule has 2 heterocycles. The highest BCUT2D eigenvalue weighted by Gasteiger charge is 2.67. The number of halogens is 1. The van der Waals surface area contributed by atoms with E-state index in [4.69, 9.17) is 4.42 Å². The van der Waals surface area contributed by atoms with E-state index in [0.29, 0.717) is 28.6 Å². The van der Waals surface area contributed by atoms with Crippen molar-refractivity contribution in [3.8, 4) is 11.6 Å². The van der Waals surface area contributed by atoms with Crippen LogP contribution in [0.5, 0.6) is 0 Å². The molecule has 4 rings (SSSR count). The second kappa shape index (κ2) is 6.14. The maximum atomic E-state index is 13.1. The van der Waals surface area contributed by atoms with Crippen LogP contribution in [-0.4, -0.2) is 21.0 Å². The molecule has 1 aromatic carbocycles. The molecule has 0 amide bonds. The van der Waals surface area contributed by atoms with Crippen LogP contribution in [0.15, 0.2) is 33.2 Å². The molecule has 0 spiro atoms. The van der Waals surface area contributed by atoms with Gasteiger partial charge in [-0.15, -0.1) is 10.2 Å². The van der Waals surface area contributed by atoms with Gasteiger partial charge in [-0.05, 0) is 42.4 Å². The van der Waals surface area contributed by atoms with Gasteiger partial charge in [-0.2, -0.15) is 0 Å². The largest absolute Gasteiger partial charge is 0.419 e. The fraction of sp³-hybridized carbons (Fsp3) is 0.409. The molecule has 0 radical (unpaired) electrons. The molecule has 0 atom stereocenters. The summed E-state index contributed by atoms with van der Waals surface area (Å²) in [4.78, 5) is 16.4. The molecule has 28 heavy (non-hydrogen) atoms. The van der Waals surface area contributed by atoms with E-state index in [1.807, 2.05) is 38.1 Å². The number of rotatable bonds is 4. The summed E-state index contributed by atoms with van der Waals surface area (Å²) < 4.78 is 6.92. The first-order chi connectivity index (χ1) is 13.1. The SMILES string of the molecule is Cc1[nH]c(-c2nnc(C3C(C)(C)C3(C)C)o2)c(C)c1C(=O)c1cccc(Br)c1. The molecule has 1 aliphatic carbocycles. The fourth-order valence-electron chi connectivity index (χ4n) is 4.34. The van der Waals surface area contributed by atoms with Crippen molar-refractivity contribution in [1.29, 1.82) is 0 Å². The Balaban J connectivity index is 1.70. The second-order valence-corrected chi connectivity index (χ2v) is 9.70. The van der Waals surface area contributed by atoms with Crippen molar-refractivity contribution in [2.45, 2.75) is 47.5 Å². The molecular formula is C22H24BrN3O2. The molecular weight excluding hydrogens is 418 g/mol. The Labute approximate surface area is 173 Å². The number of benzene rings is 1. The van der Waals surface area contributed by atoms with Crippen LogP contribution in [0.4, 0.5) is 0 Å². The summed E-state index contributed by atoms with van der Waals surface area (Å²) in [5.74, 6) is 1.31. The van der Waals surface area contributed by atoms with E-state index in [1.54, 1.807) is 0 Å². The normalized spacial score (nSPS) is 17.7. The first-order valence-electron chi connectivity index (χ1n) is 9.39. The summed E-state index contributed by atoms with van der Waals surface area (Å²) in [6.07, 6.45) is 0. The Morgan fingerprint density at radius 3 is 2.43 bits per heavy atom. The van der Waals surface area contributed by atoms with Gasteiger partial charge in [0.2, 0.25) is 5.89 Å². The number of H-pyrrole nitrogens is 1. The zero-order valence-electron chi connectivity index (χ0n) is 17.0. The van der Waals surface area contributed by atoms with Crippen molar-refractivity contribution in [2.24, 2.45) is 10.8 Å². The van der Waals surface area contributed by atoms with Gasteiger partial charge in [-0.25, -0.2) is 0 Å². The molecule has 5 nitrogen and oxygen atoms in total. The summed E-state index contributed by atoms with van der Waals surface area (Å²) in [6.45, 7) is 12.7. The second-order valence-electron chi connectivity index (χ2n) is 8.79. The summed E-state index contributed by atoms with van der Waals surface area (Å²) in [5.41, 5.74) is 3.87. The smallest absolute Gasteiger partial charge is 0.264 e. The number of carbonyl (C=O) groups is 1. The average Bonchev–Trinajstić information content (AvgIpc) is 2.99. The lowest BCUT2D eigenvalue weighted by atomic mass is 10.00. The Bertz CT molecular complexity index is 1080. The lowest BCUT2D eigenvalue weighted by molar-refractivity contribution is 0.103. The minimum absolute atomic E-state index is 0.0250. The monoisotopic (exact) mass is 441 g/mol. The predicted octanol–water partition coefficient (Wildman–Crippen LogP) is 5.82. The van der Waals surface area contributed by atoms with Crippen LogP contribution in [0.25, 0.3) is 11.6 Å². The third kappa shape index (κ3) is 2.69. The fourth-order valence-corrected chi connectivity index (χ4v) is 4.74. The number of aromatic amines is 1. The number of hydrogen-bond acceptors (Lipinski definition) is 4. The van der Waals surface area contributed by atoms with Crippen molar-refractivity contribution in [1.82, 2.24) is 15.2 Å². The van der Waals surface area contributed by atoms with Crippen LogP contribution in [0.1, 0.15) is 66.7 Å². The standard InChI is InChI=1S/C22H24BrN3O2/c1-11-15(17(27)13-8-7-9-14(23)10-13)12(2)24-16(11)19-25-26-20(28-19)18-21(3,4)22(18,5)6/h7-10,18,24H,1-6H3. The highest BCUT2D eigenvalue weighted by Crippen LogP contribution is 2.73. The molecule has 1 fully saturated rings. The van der Waals surface area contributed by atoms with Crippen molar-refractivity contribution in [3.05, 3.63) is 57.0 Å². The van der Waals surface area contributed by atoms with E-state index in [9.17, 15) is 4.79 Å². The quantitative estimate of drug-likeness (QED) is 0.517. The zero-order valence-corrected chi connectivity index (χ0v) is 18.6. The van der Waals surface area contributed by atoms with Crippen LogP contribution in [0.3, 0.4) is 0 Å². The average molecular weight is 442 g/mol. The maximum absolute atomic E-state index is 13.1. The molecule has 0 bridgehead atoms. The lowest BCUT2D eigenvalue weighted by Crippen LogP contribution is -2.03. The van der Waals surface area contributed by atoms with Crippen LogP contribution >= 0.6 is 15.9 Å². The van der Waals surface area contributed by atoms with Crippen LogP contribution < -0.4 is 0 Å². The molecule has 3 aromatic rings. The number of nitrogens with zero attached hydrogens (tertiary/aromatic N) is 2. The summed E-state index contributed by atoms with van der Waals surface area (Å²) in [5, 5.41) is 8.59. The Kier molecular flexibility index (Phi) is 4.20. The van der Waals surface area contributed by atoms with Crippen molar-refractivity contribution in [2.75, 3.05) is 0 Å². The molecule has 2 aromatic heterocycles. The van der Waals surface area contributed by atoms with E-state index in [0.717, 1.165) is 15.7 Å². The highest BCUT2D eigenvalue weighted by molar-refractivity contribution is 9.10. The van der Waals surface area contributed by atoms with Crippen LogP contribution in [-0.2, 0) is 0 Å². The lowest BCUT2D eigenvalue weighted by Gasteiger charge is -2.03. The summed E-state index contributed by atoms with van der Waals surface area (Å²) in [7, 11) is 0. The van der Waals surface area contributed by atoms with Crippen molar-refractivity contribution in [3.63, 3.8) is 0 Å². The Hall–Kier alpha value is -2.21. The van der Waals surface area contributed by atoms with Crippen molar-refractivity contribution < 1.29 is 9.21 Å². The van der Waals surface area contributed by atoms with Crippen molar-refractivity contribution >= 4 is 21.7 Å².